The summed E-state index contributed by atoms with van der Waals surface area (Å²) in [7, 11) is 0. The molecular weight excluding hydrogens is 318 g/mol. The summed E-state index contributed by atoms with van der Waals surface area (Å²) in [6.07, 6.45) is 4.37. The van der Waals surface area contributed by atoms with Crippen LogP contribution in [0.3, 0.4) is 0 Å². The molecule has 2 aliphatic carbocycles. The van der Waals surface area contributed by atoms with Crippen LogP contribution in [0.25, 0.3) is 0 Å². The highest BCUT2D eigenvalue weighted by Crippen LogP contribution is 2.52. The number of hydrogen-bond acceptors (Lipinski definition) is 4. The normalized spacial score (nSPS) is 31.4. The van der Waals surface area contributed by atoms with Gasteiger partial charge in [0.05, 0.1) is 4.92 Å². The van der Waals surface area contributed by atoms with Crippen LogP contribution in [0.15, 0.2) is 12.1 Å². The lowest BCUT2D eigenvalue weighted by Crippen LogP contribution is -2.58. The van der Waals surface area contributed by atoms with Crippen molar-refractivity contribution >= 4 is 11.6 Å². The molecule has 1 aromatic rings. The van der Waals surface area contributed by atoms with Crippen molar-refractivity contribution in [1.29, 1.82) is 0 Å². The number of piperidine rings is 1. The summed E-state index contributed by atoms with van der Waals surface area (Å²) in [5.41, 5.74) is 6.88. The maximum absolute atomic E-state index is 11.8. The van der Waals surface area contributed by atoms with Crippen LogP contribution >= 0.6 is 0 Å². The van der Waals surface area contributed by atoms with Crippen molar-refractivity contribution in [2.45, 2.75) is 51.0 Å². The molecule has 134 valence electrons. The minimum Gasteiger partial charge on any atom is -0.365 e. The van der Waals surface area contributed by atoms with E-state index in [2.05, 4.69) is 18.7 Å². The van der Waals surface area contributed by atoms with Crippen molar-refractivity contribution in [3.05, 3.63) is 38.9 Å². The molecular formula is C19H25N3O3. The van der Waals surface area contributed by atoms with Crippen molar-refractivity contribution < 1.29 is 9.72 Å². The number of carbonyl (C=O) groups excluding carboxylic acids is 1. The summed E-state index contributed by atoms with van der Waals surface area (Å²) in [4.78, 5) is 25.8. The number of carbonyl (C=O) groups is 1. The van der Waals surface area contributed by atoms with E-state index in [0.717, 1.165) is 43.0 Å². The van der Waals surface area contributed by atoms with Gasteiger partial charge in [-0.3, -0.25) is 19.8 Å². The maximum atomic E-state index is 11.8. The van der Waals surface area contributed by atoms with Crippen LogP contribution in [0, 0.1) is 22.0 Å². The van der Waals surface area contributed by atoms with E-state index in [1.165, 1.54) is 12.8 Å². The van der Waals surface area contributed by atoms with E-state index < -0.39 is 10.8 Å². The standard InChI is InChI=1S/C19H25N3O3/c1-11-15-9-13-5-6-14(18(20)23)17(22(24)25)16(13)19(11,2)7-8-21(15)10-12-3-4-12/h5-6,11-12,15H,3-4,7-10H2,1-2H3,(H2,20,23)/t11?,15-,19-/m0/s1. The topological polar surface area (TPSA) is 89.5 Å². The quantitative estimate of drug-likeness (QED) is 0.672. The number of nitrogens with two attached hydrogens (primary N) is 1. The smallest absolute Gasteiger partial charge is 0.286 e. The fourth-order valence-electron chi connectivity index (χ4n) is 5.08. The molecule has 0 aromatic heterocycles. The summed E-state index contributed by atoms with van der Waals surface area (Å²) in [6.45, 7) is 6.48. The predicted octanol–water partition coefficient (Wildman–Crippen LogP) is 2.63. The van der Waals surface area contributed by atoms with Crippen molar-refractivity contribution in [3.63, 3.8) is 0 Å². The predicted molar refractivity (Wildman–Crippen MR) is 94.5 cm³/mol. The molecule has 25 heavy (non-hydrogen) atoms. The van der Waals surface area contributed by atoms with Crippen LogP contribution in [0.5, 0.6) is 0 Å². The minimum atomic E-state index is -0.723. The summed E-state index contributed by atoms with van der Waals surface area (Å²) in [6, 6.07) is 3.85. The fraction of sp³-hybridized carbons (Fsp3) is 0.632. The highest BCUT2D eigenvalue weighted by atomic mass is 16.6. The average Bonchev–Trinajstić information content (AvgIpc) is 3.36. The number of amides is 1. The number of likely N-dealkylation sites (tertiary alicyclic amines) is 1. The van der Waals surface area contributed by atoms with E-state index in [4.69, 9.17) is 5.73 Å². The first-order chi connectivity index (χ1) is 11.8. The summed E-state index contributed by atoms with van der Waals surface area (Å²) in [5, 5.41) is 11.8. The number of primary amides is 1. The zero-order valence-corrected chi connectivity index (χ0v) is 14.8. The number of fused-ring (bicyclic) bond motifs is 4. The van der Waals surface area contributed by atoms with Gasteiger partial charge in [0.15, 0.2) is 0 Å². The Kier molecular flexibility index (Phi) is 3.65. The molecule has 1 saturated heterocycles. The van der Waals surface area contributed by atoms with Crippen molar-refractivity contribution in [2.75, 3.05) is 13.1 Å². The van der Waals surface area contributed by atoms with Gasteiger partial charge < -0.3 is 5.73 Å². The van der Waals surface area contributed by atoms with Crippen LogP contribution in [0.1, 0.15) is 54.6 Å². The van der Waals surface area contributed by atoms with Crippen LogP contribution in [-0.2, 0) is 11.8 Å². The maximum Gasteiger partial charge on any atom is 0.286 e. The monoisotopic (exact) mass is 343 g/mol. The van der Waals surface area contributed by atoms with E-state index in [-0.39, 0.29) is 16.7 Å². The molecule has 2 N–H and O–H groups in total. The number of hydrogen-bond donors (Lipinski definition) is 1. The molecule has 1 heterocycles. The van der Waals surface area contributed by atoms with Crippen molar-refractivity contribution in [3.8, 4) is 0 Å². The Bertz CT molecular complexity index is 759. The molecule has 6 nitrogen and oxygen atoms in total. The van der Waals surface area contributed by atoms with E-state index in [1.54, 1.807) is 6.07 Å². The van der Waals surface area contributed by atoms with E-state index in [0.29, 0.717) is 12.0 Å². The first-order valence-electron chi connectivity index (χ1n) is 9.17. The summed E-state index contributed by atoms with van der Waals surface area (Å²) in [5.74, 6) is 0.429. The highest BCUT2D eigenvalue weighted by Gasteiger charge is 2.52. The molecule has 0 radical (unpaired) electrons. The number of nitrogens with zero attached hydrogens (tertiary/aromatic N) is 2. The Hall–Kier alpha value is -1.95. The van der Waals surface area contributed by atoms with Crippen LogP contribution in [-0.4, -0.2) is 34.9 Å². The van der Waals surface area contributed by atoms with Gasteiger partial charge in [-0.2, -0.15) is 0 Å². The Morgan fingerprint density at radius 2 is 2.16 bits per heavy atom. The molecule has 6 heteroatoms. The molecule has 4 rings (SSSR count). The van der Waals surface area contributed by atoms with Crippen molar-refractivity contribution in [2.24, 2.45) is 17.6 Å². The Morgan fingerprint density at radius 3 is 2.76 bits per heavy atom. The third kappa shape index (κ3) is 2.46. The van der Waals surface area contributed by atoms with E-state index >= 15 is 0 Å². The van der Waals surface area contributed by atoms with Gasteiger partial charge in [0.25, 0.3) is 11.6 Å². The van der Waals surface area contributed by atoms with Gasteiger partial charge >= 0.3 is 0 Å². The third-order valence-electron chi connectivity index (χ3n) is 6.87. The molecule has 1 amide bonds. The van der Waals surface area contributed by atoms with E-state index in [1.807, 2.05) is 6.07 Å². The first kappa shape index (κ1) is 16.5. The molecule has 1 unspecified atom stereocenters. The second-order valence-corrected chi connectivity index (χ2v) is 8.28. The fourth-order valence-corrected chi connectivity index (χ4v) is 5.08. The lowest BCUT2D eigenvalue weighted by atomic mass is 9.58. The highest BCUT2D eigenvalue weighted by molar-refractivity contribution is 5.98. The van der Waals surface area contributed by atoms with Gasteiger partial charge in [0, 0.05) is 23.6 Å². The van der Waals surface area contributed by atoms with E-state index in [9.17, 15) is 14.9 Å². The number of nitro benzene ring substituents is 1. The van der Waals surface area contributed by atoms with Crippen LogP contribution < -0.4 is 5.73 Å². The van der Waals surface area contributed by atoms with Gasteiger partial charge in [0.2, 0.25) is 0 Å². The second kappa shape index (κ2) is 5.53. The van der Waals surface area contributed by atoms with Crippen LogP contribution in [0.4, 0.5) is 5.69 Å². The van der Waals surface area contributed by atoms with Gasteiger partial charge in [-0.1, -0.05) is 19.9 Å². The largest absolute Gasteiger partial charge is 0.365 e. The first-order valence-corrected chi connectivity index (χ1v) is 9.17. The molecule has 1 saturated carbocycles. The summed E-state index contributed by atoms with van der Waals surface area (Å²) < 4.78 is 0. The molecule has 3 aliphatic rings. The number of nitro groups is 1. The Balaban J connectivity index is 1.83. The molecule has 3 atom stereocenters. The number of benzene rings is 1. The van der Waals surface area contributed by atoms with Crippen LogP contribution in [0.2, 0.25) is 0 Å². The number of rotatable bonds is 4. The Labute approximate surface area is 147 Å². The Morgan fingerprint density at radius 1 is 1.44 bits per heavy atom. The van der Waals surface area contributed by atoms with Gasteiger partial charge in [0.1, 0.15) is 5.56 Å². The molecule has 1 aliphatic heterocycles. The lowest BCUT2D eigenvalue weighted by molar-refractivity contribution is -0.386. The molecule has 0 spiro atoms. The van der Waals surface area contributed by atoms with Gasteiger partial charge in [-0.15, -0.1) is 0 Å². The average molecular weight is 343 g/mol. The van der Waals surface area contributed by atoms with Crippen molar-refractivity contribution in [1.82, 2.24) is 4.90 Å². The zero-order chi connectivity index (χ0) is 17.9. The molecule has 2 bridgehead atoms. The zero-order valence-electron chi connectivity index (χ0n) is 14.8. The van der Waals surface area contributed by atoms with Gasteiger partial charge in [-0.05, 0) is 55.7 Å². The van der Waals surface area contributed by atoms with Gasteiger partial charge in [-0.25, -0.2) is 0 Å². The lowest BCUT2D eigenvalue weighted by Gasteiger charge is -2.54. The summed E-state index contributed by atoms with van der Waals surface area (Å²) >= 11 is 0. The molecule has 2 fully saturated rings. The molecule has 1 aromatic carbocycles. The SMILES string of the molecule is CC1[C@@H]2Cc3ccc(C(N)=O)c([N+](=O)[O-])c3[C@@]1(C)CCN2CC1CC1. The second-order valence-electron chi connectivity index (χ2n) is 8.28. The third-order valence-corrected chi connectivity index (χ3v) is 6.87. The minimum absolute atomic E-state index is 0.0380.